The zero-order valence-corrected chi connectivity index (χ0v) is 25.7. The predicted molar refractivity (Wildman–Crippen MR) is 164 cm³/mol. The van der Waals surface area contributed by atoms with Gasteiger partial charge in [-0.15, -0.1) is 0 Å². The van der Waals surface area contributed by atoms with Crippen LogP contribution in [0.3, 0.4) is 0 Å². The average Bonchev–Trinajstić information content (AvgIpc) is 3.29. The van der Waals surface area contributed by atoms with Gasteiger partial charge in [0.2, 0.25) is 11.9 Å². The standard InChI is InChI=1S/C31H34ClF2N7O3/c1-18(42)37-21-8-9-22(23(32)13-21)27-38-26-15-36-29(35-14-19-7-10-24(33)25(34)12-19)39-28(26)41(27)17-20-6-5-11-40(16-20)30(43)44-31(2,3)4/h7-10,12-13,15,20H,5-6,11,14,16-17H2,1-4H3,(H,37,42)(H,35,36,39)/t20-/m1/s1. The molecule has 232 valence electrons. The second-order valence-corrected chi connectivity index (χ2v) is 12.3. The highest BCUT2D eigenvalue weighted by Crippen LogP contribution is 2.34. The van der Waals surface area contributed by atoms with E-state index in [0.717, 1.165) is 25.0 Å². The van der Waals surface area contributed by atoms with E-state index in [9.17, 15) is 18.4 Å². The van der Waals surface area contributed by atoms with Crippen LogP contribution >= 0.6 is 11.6 Å². The van der Waals surface area contributed by atoms with Crippen molar-refractivity contribution in [2.24, 2.45) is 5.92 Å². The van der Waals surface area contributed by atoms with Crippen molar-refractivity contribution >= 4 is 46.4 Å². The van der Waals surface area contributed by atoms with E-state index in [-0.39, 0.29) is 30.4 Å². The molecule has 0 aliphatic carbocycles. The lowest BCUT2D eigenvalue weighted by Gasteiger charge is -2.34. The third kappa shape index (κ3) is 7.42. The van der Waals surface area contributed by atoms with E-state index in [2.05, 4.69) is 15.6 Å². The molecular weight excluding hydrogens is 592 g/mol. The Balaban J connectivity index is 1.48. The largest absolute Gasteiger partial charge is 0.444 e. The number of piperidine rings is 1. The number of nitrogens with zero attached hydrogens (tertiary/aromatic N) is 5. The number of hydrogen-bond donors (Lipinski definition) is 2. The lowest BCUT2D eigenvalue weighted by atomic mass is 9.98. The molecule has 4 aromatic rings. The topological polar surface area (TPSA) is 114 Å². The Hall–Kier alpha value is -4.32. The Kier molecular flexibility index (Phi) is 9.00. The van der Waals surface area contributed by atoms with Crippen LogP contribution in [0.4, 0.5) is 25.2 Å². The van der Waals surface area contributed by atoms with Crippen LogP contribution in [-0.4, -0.2) is 55.1 Å². The van der Waals surface area contributed by atoms with E-state index >= 15 is 0 Å². The van der Waals surface area contributed by atoms with Crippen molar-refractivity contribution in [2.75, 3.05) is 23.7 Å². The van der Waals surface area contributed by atoms with Crippen molar-refractivity contribution < 1.29 is 23.1 Å². The van der Waals surface area contributed by atoms with Gasteiger partial charge in [0.05, 0.1) is 11.2 Å². The highest BCUT2D eigenvalue weighted by atomic mass is 35.5. The van der Waals surface area contributed by atoms with Crippen LogP contribution in [0.1, 0.15) is 46.1 Å². The van der Waals surface area contributed by atoms with Crippen molar-refractivity contribution in [3.05, 3.63) is 64.8 Å². The number of carbonyl (C=O) groups is 2. The van der Waals surface area contributed by atoms with Crippen LogP contribution < -0.4 is 10.6 Å². The summed E-state index contributed by atoms with van der Waals surface area (Å²) in [5.74, 6) is -1.16. The fourth-order valence-corrected chi connectivity index (χ4v) is 5.42. The van der Waals surface area contributed by atoms with E-state index < -0.39 is 17.2 Å². The Morgan fingerprint density at radius 2 is 1.91 bits per heavy atom. The number of anilines is 2. The van der Waals surface area contributed by atoms with Gasteiger partial charge < -0.3 is 24.8 Å². The Morgan fingerprint density at radius 1 is 1.11 bits per heavy atom. The molecule has 0 radical (unpaired) electrons. The van der Waals surface area contributed by atoms with Gasteiger partial charge in [-0.2, -0.15) is 4.98 Å². The van der Waals surface area contributed by atoms with Crippen molar-refractivity contribution in [2.45, 2.75) is 59.2 Å². The number of carbonyl (C=O) groups excluding carboxylic acids is 2. The van der Waals surface area contributed by atoms with E-state index in [1.54, 1.807) is 29.3 Å². The third-order valence-electron chi connectivity index (χ3n) is 7.06. The minimum atomic E-state index is -0.933. The fourth-order valence-electron chi connectivity index (χ4n) is 5.16. The van der Waals surface area contributed by atoms with Gasteiger partial charge in [0.1, 0.15) is 16.9 Å². The molecule has 1 aliphatic rings. The molecule has 2 aromatic carbocycles. The highest BCUT2D eigenvalue weighted by Gasteiger charge is 2.29. The molecule has 2 amide bonds. The number of likely N-dealkylation sites (tertiary alicyclic amines) is 1. The Bertz CT molecular complexity index is 1710. The molecule has 0 spiro atoms. The summed E-state index contributed by atoms with van der Waals surface area (Å²) in [5, 5.41) is 6.19. The Labute approximate surface area is 258 Å². The second-order valence-electron chi connectivity index (χ2n) is 11.9. The summed E-state index contributed by atoms with van der Waals surface area (Å²) >= 11 is 6.71. The summed E-state index contributed by atoms with van der Waals surface area (Å²) in [6.45, 7) is 8.71. The minimum absolute atomic E-state index is 0.0680. The molecule has 0 bridgehead atoms. The zero-order valence-electron chi connectivity index (χ0n) is 25.0. The summed E-state index contributed by atoms with van der Waals surface area (Å²) in [6.07, 6.45) is 2.93. The van der Waals surface area contributed by atoms with Crippen LogP contribution in [0, 0.1) is 17.6 Å². The molecule has 2 N–H and O–H groups in total. The van der Waals surface area contributed by atoms with Gasteiger partial charge in [-0.05, 0) is 75.4 Å². The van der Waals surface area contributed by atoms with E-state index in [1.165, 1.54) is 13.0 Å². The summed E-state index contributed by atoms with van der Waals surface area (Å²) < 4.78 is 34.7. The van der Waals surface area contributed by atoms with Gasteiger partial charge in [0.15, 0.2) is 17.3 Å². The molecule has 5 rings (SSSR count). The number of ether oxygens (including phenoxy) is 1. The normalized spacial score (nSPS) is 15.3. The Morgan fingerprint density at radius 3 is 2.61 bits per heavy atom. The number of amides is 2. The first-order valence-electron chi connectivity index (χ1n) is 14.3. The van der Waals surface area contributed by atoms with Gasteiger partial charge >= 0.3 is 6.09 Å². The molecule has 13 heteroatoms. The molecule has 44 heavy (non-hydrogen) atoms. The smallest absolute Gasteiger partial charge is 0.410 e. The summed E-state index contributed by atoms with van der Waals surface area (Å²) in [4.78, 5) is 40.1. The number of benzene rings is 2. The maximum absolute atomic E-state index is 13.7. The average molecular weight is 626 g/mol. The zero-order chi connectivity index (χ0) is 31.6. The molecule has 1 aliphatic heterocycles. The van der Waals surface area contributed by atoms with Crippen molar-refractivity contribution in [3.8, 4) is 11.4 Å². The van der Waals surface area contributed by atoms with Crippen LogP contribution in [0.2, 0.25) is 5.02 Å². The second kappa shape index (κ2) is 12.7. The monoisotopic (exact) mass is 625 g/mol. The SMILES string of the molecule is CC(=O)Nc1ccc(-c2nc3cnc(NCc4ccc(F)c(F)c4)nc3n2C[C@@H]2CCCN(C(=O)OC(C)(C)C)C2)c(Cl)c1. The number of fused-ring (bicyclic) bond motifs is 1. The molecule has 3 heterocycles. The van der Waals surface area contributed by atoms with Crippen LogP contribution in [0.15, 0.2) is 42.6 Å². The molecule has 0 saturated carbocycles. The summed E-state index contributed by atoms with van der Waals surface area (Å²) in [5.41, 5.74) is 2.18. The van der Waals surface area contributed by atoms with Crippen molar-refractivity contribution in [3.63, 3.8) is 0 Å². The first-order valence-corrected chi connectivity index (χ1v) is 14.7. The number of nitrogens with one attached hydrogen (secondary N) is 2. The van der Waals surface area contributed by atoms with Gasteiger partial charge in [-0.25, -0.2) is 23.5 Å². The quantitative estimate of drug-likeness (QED) is 0.237. The lowest BCUT2D eigenvalue weighted by molar-refractivity contribution is -0.114. The number of imidazole rings is 1. The van der Waals surface area contributed by atoms with Crippen molar-refractivity contribution in [1.82, 2.24) is 24.4 Å². The number of rotatable bonds is 7. The number of aromatic nitrogens is 4. The third-order valence-corrected chi connectivity index (χ3v) is 7.38. The van der Waals surface area contributed by atoms with Gasteiger partial charge in [0, 0.05) is 44.4 Å². The predicted octanol–water partition coefficient (Wildman–Crippen LogP) is 6.64. The highest BCUT2D eigenvalue weighted by molar-refractivity contribution is 6.33. The van der Waals surface area contributed by atoms with Gasteiger partial charge in [0.25, 0.3) is 0 Å². The van der Waals surface area contributed by atoms with E-state index in [1.807, 2.05) is 25.3 Å². The first kappa shape index (κ1) is 31.1. The number of hydrogen-bond acceptors (Lipinski definition) is 7. The molecule has 0 unspecified atom stereocenters. The van der Waals surface area contributed by atoms with Crippen molar-refractivity contribution in [1.29, 1.82) is 0 Å². The van der Waals surface area contributed by atoms with E-state index in [0.29, 0.717) is 58.5 Å². The molecule has 10 nitrogen and oxygen atoms in total. The van der Waals surface area contributed by atoms with Crippen LogP contribution in [0.25, 0.3) is 22.6 Å². The molecule has 2 aromatic heterocycles. The molecule has 1 atom stereocenters. The maximum Gasteiger partial charge on any atom is 0.410 e. The molecule has 1 fully saturated rings. The maximum atomic E-state index is 13.7. The lowest BCUT2D eigenvalue weighted by Crippen LogP contribution is -2.43. The molecule has 1 saturated heterocycles. The number of halogens is 3. The molecular formula is C31H34ClF2N7O3. The first-order chi connectivity index (χ1) is 20.9. The summed E-state index contributed by atoms with van der Waals surface area (Å²) in [6, 6.07) is 8.87. The van der Waals surface area contributed by atoms with Gasteiger partial charge in [-0.3, -0.25) is 4.79 Å². The minimum Gasteiger partial charge on any atom is -0.444 e. The van der Waals surface area contributed by atoms with Crippen LogP contribution in [-0.2, 0) is 22.6 Å². The fraction of sp³-hybridized carbons (Fsp3) is 0.387. The van der Waals surface area contributed by atoms with Gasteiger partial charge in [-0.1, -0.05) is 17.7 Å². The summed E-state index contributed by atoms with van der Waals surface area (Å²) in [7, 11) is 0. The van der Waals surface area contributed by atoms with E-state index in [4.69, 9.17) is 26.3 Å². The van der Waals surface area contributed by atoms with Crippen LogP contribution in [0.5, 0.6) is 0 Å².